The Balaban J connectivity index is 3.12. The summed E-state index contributed by atoms with van der Waals surface area (Å²) in [6, 6.07) is 0. The molecule has 0 aromatic heterocycles. The Kier molecular flexibility index (Phi) is 6.26. The van der Waals surface area contributed by atoms with Crippen molar-refractivity contribution in [1.29, 1.82) is 0 Å². The lowest BCUT2D eigenvalue weighted by Crippen LogP contribution is -1.88. The first-order chi connectivity index (χ1) is 4.77. The molecule has 0 atom stereocenters. The van der Waals surface area contributed by atoms with Crippen molar-refractivity contribution >= 4 is 7.27 Å². The molecule has 0 amide bonds. The molecule has 0 spiro atoms. The summed E-state index contributed by atoms with van der Waals surface area (Å²) in [5.41, 5.74) is 0. The van der Waals surface area contributed by atoms with Crippen LogP contribution < -0.4 is 0 Å². The van der Waals surface area contributed by atoms with Gasteiger partial charge in [-0.1, -0.05) is 25.6 Å². The molecule has 10 heavy (non-hydrogen) atoms. The van der Waals surface area contributed by atoms with Crippen molar-refractivity contribution < 1.29 is 8.63 Å². The lowest BCUT2D eigenvalue weighted by atomic mass is 10.0. The smallest absolute Gasteiger partial charge is 0.273 e. The normalized spacial score (nSPS) is 8.30. The van der Waals surface area contributed by atoms with Crippen LogP contribution in [0.4, 0.5) is 8.63 Å². The molecule has 0 fully saturated rings. The van der Waals surface area contributed by atoms with Gasteiger partial charge in [0.1, 0.15) is 0 Å². The molecule has 0 bridgehead atoms. The monoisotopic (exact) mass is 144 g/mol. The summed E-state index contributed by atoms with van der Waals surface area (Å²) in [7, 11) is -2.46. The van der Waals surface area contributed by atoms with Gasteiger partial charge in [-0.3, -0.25) is 8.63 Å². The molecule has 56 valence electrons. The molecule has 0 aromatic rings. The Bertz CT molecular complexity index is 123. The zero-order valence-corrected chi connectivity index (χ0v) is 6.16. The van der Waals surface area contributed by atoms with Crippen LogP contribution in [0.3, 0.4) is 0 Å². The fraction of sp³-hybridized carbons (Fsp3) is 0.714. The molecule has 3 heteroatoms. The van der Waals surface area contributed by atoms with Crippen LogP contribution in [-0.4, -0.2) is 7.27 Å². The Morgan fingerprint density at radius 1 is 1.30 bits per heavy atom. The van der Waals surface area contributed by atoms with E-state index in [1.807, 2.05) is 5.82 Å². The molecule has 0 aliphatic rings. The topological polar surface area (TPSA) is 0 Å². The predicted molar refractivity (Wildman–Crippen MR) is 39.9 cm³/mol. The van der Waals surface area contributed by atoms with Crippen LogP contribution in [0, 0.1) is 11.7 Å². The fourth-order valence-electron chi connectivity index (χ4n) is 0.613. The third-order valence-electron chi connectivity index (χ3n) is 1.12. The van der Waals surface area contributed by atoms with E-state index < -0.39 is 7.27 Å². The Morgan fingerprint density at radius 2 is 2.00 bits per heavy atom. The van der Waals surface area contributed by atoms with E-state index in [0.29, 0.717) is 6.42 Å². The summed E-state index contributed by atoms with van der Waals surface area (Å²) in [5.74, 6) is 4.24. The van der Waals surface area contributed by atoms with Crippen LogP contribution in [0.25, 0.3) is 0 Å². The summed E-state index contributed by atoms with van der Waals surface area (Å²) < 4.78 is 22.7. The van der Waals surface area contributed by atoms with E-state index in [0.717, 1.165) is 19.3 Å². The summed E-state index contributed by atoms with van der Waals surface area (Å²) in [4.78, 5) is 0. The molecule has 0 saturated heterocycles. The van der Waals surface area contributed by atoms with Crippen molar-refractivity contribution in [3.8, 4) is 11.7 Å². The van der Waals surface area contributed by atoms with Crippen molar-refractivity contribution in [3.63, 3.8) is 0 Å². The molecule has 0 nitrogen and oxygen atoms in total. The largest absolute Gasteiger partial charge is 0.627 e. The van der Waals surface area contributed by atoms with Crippen molar-refractivity contribution in [2.24, 2.45) is 0 Å². The maximum atomic E-state index is 11.4. The number of unbranched alkanes of at least 4 members (excludes halogenated alkanes) is 3. The molecule has 0 unspecified atom stereocenters. The summed E-state index contributed by atoms with van der Waals surface area (Å²) in [6.07, 6.45) is 3.74. The van der Waals surface area contributed by atoms with Gasteiger partial charge in [0.25, 0.3) is 0 Å². The van der Waals surface area contributed by atoms with Gasteiger partial charge in [-0.05, 0) is 6.42 Å². The first kappa shape index (κ1) is 9.48. The number of hydrogen-bond acceptors (Lipinski definition) is 0. The summed E-state index contributed by atoms with van der Waals surface area (Å²) in [6.45, 7) is 2.07. The van der Waals surface area contributed by atoms with E-state index in [9.17, 15) is 8.63 Å². The highest BCUT2D eigenvalue weighted by atomic mass is 19.2. The van der Waals surface area contributed by atoms with E-state index >= 15 is 0 Å². The highest BCUT2D eigenvalue weighted by Crippen LogP contribution is 1.96. The van der Waals surface area contributed by atoms with Crippen LogP contribution in [-0.2, 0) is 0 Å². The van der Waals surface area contributed by atoms with Crippen molar-refractivity contribution in [2.75, 3.05) is 0 Å². The fourth-order valence-corrected chi connectivity index (χ4v) is 0.613. The van der Waals surface area contributed by atoms with Gasteiger partial charge in [0.2, 0.25) is 0 Å². The molecule has 0 heterocycles. The van der Waals surface area contributed by atoms with E-state index in [1.165, 1.54) is 0 Å². The number of hydrogen-bond donors (Lipinski definition) is 0. The molecule has 0 aliphatic carbocycles. The van der Waals surface area contributed by atoms with Gasteiger partial charge in [0.15, 0.2) is 0 Å². The minimum atomic E-state index is -2.46. The zero-order chi connectivity index (χ0) is 7.82. The lowest BCUT2D eigenvalue weighted by Gasteiger charge is -1.87. The molecule has 0 aromatic carbocycles. The summed E-state index contributed by atoms with van der Waals surface area (Å²) >= 11 is 0. The molecule has 0 N–H and O–H groups in total. The second kappa shape index (κ2) is 6.60. The van der Waals surface area contributed by atoms with Gasteiger partial charge in [0, 0.05) is 6.42 Å². The number of rotatable bonds is 3. The van der Waals surface area contributed by atoms with Crippen LogP contribution >= 0.6 is 0 Å². The van der Waals surface area contributed by atoms with Gasteiger partial charge >= 0.3 is 7.27 Å². The number of halogens is 2. The molecule has 0 radical (unpaired) electrons. The third-order valence-corrected chi connectivity index (χ3v) is 1.12. The van der Waals surface area contributed by atoms with Gasteiger partial charge in [-0.15, -0.1) is 5.92 Å². The van der Waals surface area contributed by atoms with Crippen molar-refractivity contribution in [2.45, 2.75) is 32.6 Å². The van der Waals surface area contributed by atoms with E-state index in [2.05, 4.69) is 12.8 Å². The Labute approximate surface area is 61.2 Å². The molecular formula is C7H11BF2. The average molecular weight is 144 g/mol. The van der Waals surface area contributed by atoms with Crippen LogP contribution in [0.2, 0.25) is 0 Å². The molecule has 0 rings (SSSR count). The van der Waals surface area contributed by atoms with Crippen LogP contribution in [0.1, 0.15) is 32.6 Å². The highest BCUT2D eigenvalue weighted by molar-refractivity contribution is 6.52. The minimum absolute atomic E-state index is 0.609. The second-order valence-corrected chi connectivity index (χ2v) is 2.08. The zero-order valence-electron chi connectivity index (χ0n) is 6.16. The van der Waals surface area contributed by atoms with E-state index in [4.69, 9.17) is 0 Å². The quantitative estimate of drug-likeness (QED) is 0.324. The predicted octanol–water partition coefficient (Wildman–Crippen LogP) is 2.54. The van der Waals surface area contributed by atoms with E-state index in [-0.39, 0.29) is 0 Å². The van der Waals surface area contributed by atoms with Gasteiger partial charge < -0.3 is 0 Å². The van der Waals surface area contributed by atoms with Crippen LogP contribution in [0.15, 0.2) is 0 Å². The second-order valence-electron chi connectivity index (χ2n) is 2.08. The Hall–Kier alpha value is -0.515. The van der Waals surface area contributed by atoms with Gasteiger partial charge in [-0.25, -0.2) is 0 Å². The summed E-state index contributed by atoms with van der Waals surface area (Å²) in [5, 5.41) is 0. The van der Waals surface area contributed by atoms with Gasteiger partial charge in [0.05, 0.1) is 0 Å². The van der Waals surface area contributed by atoms with Crippen molar-refractivity contribution in [1.82, 2.24) is 0 Å². The third kappa shape index (κ3) is 7.48. The maximum absolute atomic E-state index is 11.4. The van der Waals surface area contributed by atoms with Crippen molar-refractivity contribution in [3.05, 3.63) is 0 Å². The van der Waals surface area contributed by atoms with Gasteiger partial charge in [-0.2, -0.15) is 0 Å². The SMILES string of the molecule is CCCCCC#CB(F)F. The van der Waals surface area contributed by atoms with E-state index in [1.54, 1.807) is 0 Å². The molecule has 0 aliphatic heterocycles. The standard InChI is InChI=1S/C7H11BF2/c1-2-3-4-5-6-7-8(9)10/h2-5H2,1H3. The highest BCUT2D eigenvalue weighted by Gasteiger charge is 2.03. The average Bonchev–Trinajstić information content (AvgIpc) is 1.87. The molecular weight excluding hydrogens is 133 g/mol. The molecule has 0 saturated carbocycles. The van der Waals surface area contributed by atoms with Crippen LogP contribution in [0.5, 0.6) is 0 Å². The Morgan fingerprint density at radius 3 is 2.50 bits per heavy atom. The maximum Gasteiger partial charge on any atom is 0.627 e. The first-order valence-corrected chi connectivity index (χ1v) is 3.54. The first-order valence-electron chi connectivity index (χ1n) is 3.54. The minimum Gasteiger partial charge on any atom is -0.273 e. The lowest BCUT2D eigenvalue weighted by molar-refractivity contribution is 0.687.